The van der Waals surface area contributed by atoms with Gasteiger partial charge in [0, 0.05) is 24.4 Å². The predicted molar refractivity (Wildman–Crippen MR) is 108 cm³/mol. The minimum atomic E-state index is -0.419. The van der Waals surface area contributed by atoms with Crippen LogP contribution in [0.4, 0.5) is 0 Å². The third-order valence-corrected chi connectivity index (χ3v) is 5.55. The molecule has 0 aliphatic carbocycles. The fourth-order valence-electron chi connectivity index (χ4n) is 3.82. The van der Waals surface area contributed by atoms with Gasteiger partial charge in [0.15, 0.2) is 0 Å². The van der Waals surface area contributed by atoms with Crippen LogP contribution in [-0.4, -0.2) is 35.7 Å². The van der Waals surface area contributed by atoms with E-state index >= 15 is 0 Å². The zero-order valence-electron chi connectivity index (χ0n) is 16.9. The third-order valence-electron chi connectivity index (χ3n) is 5.55. The minimum Gasteiger partial charge on any atom is -0.507 e. The smallest absolute Gasteiger partial charge is 0.336 e. The lowest BCUT2D eigenvalue weighted by Crippen LogP contribution is -2.32. The molecule has 6 heteroatoms. The summed E-state index contributed by atoms with van der Waals surface area (Å²) >= 11 is 0. The van der Waals surface area contributed by atoms with E-state index < -0.39 is 5.63 Å². The molecule has 2 aromatic rings. The second kappa shape index (κ2) is 8.78. The predicted octanol–water partition coefficient (Wildman–Crippen LogP) is 3.53. The van der Waals surface area contributed by atoms with Gasteiger partial charge in [0.2, 0.25) is 0 Å². The number of nitrogens with zero attached hydrogens (tertiary/aromatic N) is 1. The standard InChI is InChI=1S/C22H29NO5/c1-4-27-19(24)6-5-16-12-17-15(3)11-20(25)28-22(17)18(21(16)26)13-23-9-7-14(2)8-10-23/h11-12,14,26H,4-10,13H2,1-3H3. The van der Waals surface area contributed by atoms with Crippen molar-refractivity contribution in [3.63, 3.8) is 0 Å². The number of esters is 1. The van der Waals surface area contributed by atoms with E-state index in [1.54, 1.807) is 6.92 Å². The van der Waals surface area contributed by atoms with Gasteiger partial charge in [-0.2, -0.15) is 0 Å². The van der Waals surface area contributed by atoms with Gasteiger partial charge < -0.3 is 14.3 Å². The number of hydrogen-bond donors (Lipinski definition) is 1. The van der Waals surface area contributed by atoms with Crippen LogP contribution in [0.2, 0.25) is 0 Å². The Hall–Kier alpha value is -2.34. The van der Waals surface area contributed by atoms with E-state index in [-0.39, 0.29) is 18.1 Å². The Morgan fingerprint density at radius 1 is 1.32 bits per heavy atom. The van der Waals surface area contributed by atoms with Crippen molar-refractivity contribution in [2.75, 3.05) is 19.7 Å². The molecule has 1 aromatic heterocycles. The maximum absolute atomic E-state index is 12.0. The minimum absolute atomic E-state index is 0.115. The first-order chi connectivity index (χ1) is 13.4. The summed E-state index contributed by atoms with van der Waals surface area (Å²) in [6.45, 7) is 8.64. The first kappa shape index (κ1) is 20.4. The fraction of sp³-hybridized carbons (Fsp3) is 0.545. The molecule has 0 radical (unpaired) electrons. The van der Waals surface area contributed by atoms with E-state index in [2.05, 4.69) is 11.8 Å². The van der Waals surface area contributed by atoms with Crippen LogP contribution in [0.25, 0.3) is 11.0 Å². The van der Waals surface area contributed by atoms with Crippen molar-refractivity contribution in [1.29, 1.82) is 0 Å². The van der Waals surface area contributed by atoms with Gasteiger partial charge in [0.05, 0.1) is 12.2 Å². The Morgan fingerprint density at radius 3 is 2.71 bits per heavy atom. The summed E-state index contributed by atoms with van der Waals surface area (Å²) in [5.74, 6) is 0.534. The van der Waals surface area contributed by atoms with Gasteiger partial charge in [-0.3, -0.25) is 9.69 Å². The highest BCUT2D eigenvalue weighted by Gasteiger charge is 2.22. The molecule has 1 N–H and O–H groups in total. The van der Waals surface area contributed by atoms with Crippen molar-refractivity contribution in [1.82, 2.24) is 4.90 Å². The van der Waals surface area contributed by atoms with Gasteiger partial charge >= 0.3 is 11.6 Å². The van der Waals surface area contributed by atoms with Crippen molar-refractivity contribution in [3.05, 3.63) is 39.2 Å². The van der Waals surface area contributed by atoms with Crippen molar-refractivity contribution in [2.45, 2.75) is 53.0 Å². The number of ether oxygens (including phenoxy) is 1. The van der Waals surface area contributed by atoms with Crippen LogP contribution in [0.15, 0.2) is 21.3 Å². The van der Waals surface area contributed by atoms with Gasteiger partial charge in [0.25, 0.3) is 0 Å². The molecule has 0 saturated carbocycles. The van der Waals surface area contributed by atoms with Crippen LogP contribution in [-0.2, 0) is 22.5 Å². The average Bonchev–Trinajstić information content (AvgIpc) is 2.65. The molecule has 0 atom stereocenters. The lowest BCUT2D eigenvalue weighted by molar-refractivity contribution is -0.143. The van der Waals surface area contributed by atoms with Gasteiger partial charge in [-0.25, -0.2) is 4.79 Å². The summed E-state index contributed by atoms with van der Waals surface area (Å²) in [7, 11) is 0. The van der Waals surface area contributed by atoms with Crippen LogP contribution in [0, 0.1) is 12.8 Å². The maximum atomic E-state index is 12.0. The third kappa shape index (κ3) is 4.55. The molecule has 2 heterocycles. The second-order valence-corrected chi connectivity index (χ2v) is 7.75. The first-order valence-electron chi connectivity index (χ1n) is 10.0. The summed E-state index contributed by atoms with van der Waals surface area (Å²) in [6.07, 6.45) is 2.81. The number of fused-ring (bicyclic) bond motifs is 1. The number of phenolic OH excluding ortho intramolecular Hbond substituents is 1. The number of piperidine rings is 1. The molecule has 28 heavy (non-hydrogen) atoms. The highest BCUT2D eigenvalue weighted by Crippen LogP contribution is 2.34. The number of hydrogen-bond acceptors (Lipinski definition) is 6. The topological polar surface area (TPSA) is 80.0 Å². The fourth-order valence-corrected chi connectivity index (χ4v) is 3.82. The normalized spacial score (nSPS) is 15.8. The molecule has 1 fully saturated rings. The van der Waals surface area contributed by atoms with Crippen LogP contribution in [0.3, 0.4) is 0 Å². The number of carbonyl (C=O) groups is 1. The highest BCUT2D eigenvalue weighted by atomic mass is 16.5. The number of phenols is 1. The summed E-state index contributed by atoms with van der Waals surface area (Å²) < 4.78 is 10.5. The molecule has 6 nitrogen and oxygen atoms in total. The van der Waals surface area contributed by atoms with Gasteiger partial charge in [-0.1, -0.05) is 6.92 Å². The molecule has 0 unspecified atom stereocenters. The molecule has 3 rings (SSSR count). The number of likely N-dealkylation sites (tertiary alicyclic amines) is 1. The molecule has 1 aromatic carbocycles. The molecular formula is C22H29NO5. The first-order valence-corrected chi connectivity index (χ1v) is 10.0. The molecular weight excluding hydrogens is 358 g/mol. The van der Waals surface area contributed by atoms with E-state index in [0.717, 1.165) is 36.9 Å². The molecule has 0 spiro atoms. The van der Waals surface area contributed by atoms with Crippen LogP contribution in [0.5, 0.6) is 5.75 Å². The Labute approximate surface area is 165 Å². The summed E-state index contributed by atoms with van der Waals surface area (Å²) in [5.41, 5.74) is 2.14. The quantitative estimate of drug-likeness (QED) is 0.603. The summed E-state index contributed by atoms with van der Waals surface area (Å²) in [6, 6.07) is 3.28. The van der Waals surface area contributed by atoms with E-state index in [9.17, 15) is 14.7 Å². The van der Waals surface area contributed by atoms with E-state index in [1.807, 2.05) is 13.0 Å². The number of aromatic hydroxyl groups is 1. The van der Waals surface area contributed by atoms with Crippen molar-refractivity contribution in [3.8, 4) is 5.75 Å². The zero-order chi connectivity index (χ0) is 20.3. The van der Waals surface area contributed by atoms with Gasteiger partial charge in [-0.05, 0) is 69.3 Å². The molecule has 1 aliphatic heterocycles. The van der Waals surface area contributed by atoms with Crippen LogP contribution >= 0.6 is 0 Å². The SMILES string of the molecule is CCOC(=O)CCc1cc2c(C)cc(=O)oc2c(CN2CCC(C)CC2)c1O. The van der Waals surface area contributed by atoms with Crippen molar-refractivity contribution < 1.29 is 19.1 Å². The number of benzene rings is 1. The Kier molecular flexibility index (Phi) is 6.39. The van der Waals surface area contributed by atoms with Gasteiger partial charge in [-0.15, -0.1) is 0 Å². The lowest BCUT2D eigenvalue weighted by atomic mass is 9.96. The Balaban J connectivity index is 1.99. The monoisotopic (exact) mass is 387 g/mol. The number of carbonyl (C=O) groups excluding carboxylic acids is 1. The lowest BCUT2D eigenvalue weighted by Gasteiger charge is -2.30. The molecule has 1 saturated heterocycles. The average molecular weight is 387 g/mol. The number of aryl methyl sites for hydroxylation is 2. The van der Waals surface area contributed by atoms with Gasteiger partial charge in [0.1, 0.15) is 11.3 Å². The van der Waals surface area contributed by atoms with Crippen LogP contribution in [0.1, 0.15) is 49.8 Å². The largest absolute Gasteiger partial charge is 0.507 e. The van der Waals surface area contributed by atoms with E-state index in [4.69, 9.17) is 9.15 Å². The van der Waals surface area contributed by atoms with E-state index in [0.29, 0.717) is 42.2 Å². The second-order valence-electron chi connectivity index (χ2n) is 7.75. The molecule has 1 aliphatic rings. The number of rotatable bonds is 6. The van der Waals surface area contributed by atoms with Crippen molar-refractivity contribution >= 4 is 16.9 Å². The maximum Gasteiger partial charge on any atom is 0.336 e. The molecule has 0 bridgehead atoms. The summed E-state index contributed by atoms with van der Waals surface area (Å²) in [5, 5.41) is 11.8. The van der Waals surface area contributed by atoms with Crippen LogP contribution < -0.4 is 5.63 Å². The summed E-state index contributed by atoms with van der Waals surface area (Å²) in [4.78, 5) is 26.0. The Morgan fingerprint density at radius 2 is 2.04 bits per heavy atom. The molecule has 0 amide bonds. The van der Waals surface area contributed by atoms with Crippen molar-refractivity contribution in [2.24, 2.45) is 5.92 Å². The Bertz CT molecular complexity index is 909. The highest BCUT2D eigenvalue weighted by molar-refractivity contribution is 5.86. The van der Waals surface area contributed by atoms with E-state index in [1.165, 1.54) is 6.07 Å². The molecule has 152 valence electrons. The zero-order valence-corrected chi connectivity index (χ0v) is 16.9.